The van der Waals surface area contributed by atoms with E-state index >= 15 is 0 Å². The number of hydrogen-bond donors (Lipinski definition) is 1. The van der Waals surface area contributed by atoms with Crippen molar-refractivity contribution in [3.63, 3.8) is 0 Å². The zero-order valence-corrected chi connectivity index (χ0v) is 19.1. The van der Waals surface area contributed by atoms with Gasteiger partial charge in [0, 0.05) is 30.0 Å². The summed E-state index contributed by atoms with van der Waals surface area (Å²) in [5.41, 5.74) is 3.10. The second-order valence-corrected chi connectivity index (χ2v) is 7.66. The average molecular weight is 463 g/mol. The first-order valence-electron chi connectivity index (χ1n) is 10.4. The smallest absolute Gasteiger partial charge is 0.224 e. The first-order valence-corrected chi connectivity index (χ1v) is 10.8. The van der Waals surface area contributed by atoms with Crippen LogP contribution in [0.1, 0.15) is 12.3 Å². The van der Waals surface area contributed by atoms with E-state index in [0.29, 0.717) is 40.3 Å². The number of nitrogens with one attached hydrogen (secondary N) is 1. The first kappa shape index (κ1) is 22.4. The molecule has 0 aliphatic carbocycles. The van der Waals surface area contributed by atoms with Crippen molar-refractivity contribution in [1.82, 2.24) is 4.98 Å². The Labute approximate surface area is 197 Å². The summed E-state index contributed by atoms with van der Waals surface area (Å²) < 4.78 is 16.6. The number of aromatic nitrogens is 1. The molecule has 0 radical (unpaired) electrons. The van der Waals surface area contributed by atoms with Gasteiger partial charge in [-0.25, -0.2) is 4.98 Å². The van der Waals surface area contributed by atoms with E-state index in [0.717, 1.165) is 16.8 Å². The number of halogens is 1. The molecule has 0 saturated heterocycles. The van der Waals surface area contributed by atoms with Crippen LogP contribution in [-0.4, -0.2) is 25.1 Å². The number of oxazole rings is 1. The lowest BCUT2D eigenvalue weighted by atomic mass is 10.1. The molecule has 0 aliphatic heterocycles. The number of ether oxygens (including phenoxy) is 2. The van der Waals surface area contributed by atoms with Gasteiger partial charge in [0.15, 0.2) is 11.7 Å². The van der Waals surface area contributed by atoms with E-state index < -0.39 is 0 Å². The van der Waals surface area contributed by atoms with Gasteiger partial charge in [0.1, 0.15) is 17.2 Å². The number of carbonyl (C=O) groups is 1. The first-order chi connectivity index (χ1) is 16.1. The summed E-state index contributed by atoms with van der Waals surface area (Å²) in [4.78, 5) is 17.3. The quantitative estimate of drug-likeness (QED) is 0.335. The summed E-state index contributed by atoms with van der Waals surface area (Å²) in [5.74, 6) is 1.88. The van der Waals surface area contributed by atoms with E-state index in [4.69, 9.17) is 30.5 Å². The average Bonchev–Trinajstić information content (AvgIpc) is 3.28. The summed E-state index contributed by atoms with van der Waals surface area (Å²) in [6, 6.07) is 22.9. The van der Waals surface area contributed by atoms with Gasteiger partial charge in [-0.3, -0.25) is 4.79 Å². The Bertz CT molecular complexity index is 1180. The maximum Gasteiger partial charge on any atom is 0.224 e. The maximum atomic E-state index is 12.6. The molecule has 33 heavy (non-hydrogen) atoms. The van der Waals surface area contributed by atoms with Crippen molar-refractivity contribution < 1.29 is 18.7 Å². The molecule has 0 bridgehead atoms. The van der Waals surface area contributed by atoms with E-state index in [2.05, 4.69) is 5.32 Å². The number of aryl methyl sites for hydroxylation is 1. The van der Waals surface area contributed by atoms with Gasteiger partial charge in [-0.05, 0) is 6.07 Å². The number of amides is 1. The molecular formula is C26H23ClN2O4. The Morgan fingerprint density at radius 2 is 1.58 bits per heavy atom. The molecule has 0 atom stereocenters. The lowest BCUT2D eigenvalue weighted by molar-refractivity contribution is -0.116. The van der Waals surface area contributed by atoms with Crippen LogP contribution in [0.3, 0.4) is 0 Å². The van der Waals surface area contributed by atoms with Gasteiger partial charge in [-0.2, -0.15) is 0 Å². The topological polar surface area (TPSA) is 73.6 Å². The van der Waals surface area contributed by atoms with Gasteiger partial charge in [0.05, 0.1) is 24.9 Å². The van der Waals surface area contributed by atoms with Crippen molar-refractivity contribution in [2.75, 3.05) is 19.5 Å². The Morgan fingerprint density at radius 1 is 0.939 bits per heavy atom. The summed E-state index contributed by atoms with van der Waals surface area (Å²) in [6.45, 7) is 0. The molecule has 0 fully saturated rings. The SMILES string of the molecule is COc1cc(OC)c(NC(=O)CCc2nc(-c3ccccc3)c(-c3ccccc3)o2)cc1Cl. The fraction of sp³-hybridized carbons (Fsp3) is 0.154. The molecule has 1 N–H and O–H groups in total. The minimum absolute atomic E-state index is 0.176. The van der Waals surface area contributed by atoms with E-state index in [1.54, 1.807) is 12.1 Å². The molecule has 0 unspecified atom stereocenters. The molecule has 4 aromatic rings. The van der Waals surface area contributed by atoms with Crippen LogP contribution in [0.15, 0.2) is 77.2 Å². The highest BCUT2D eigenvalue weighted by Crippen LogP contribution is 2.36. The van der Waals surface area contributed by atoms with Gasteiger partial charge in [-0.15, -0.1) is 0 Å². The largest absolute Gasteiger partial charge is 0.495 e. The highest BCUT2D eigenvalue weighted by molar-refractivity contribution is 6.32. The number of hydrogen-bond acceptors (Lipinski definition) is 5. The van der Waals surface area contributed by atoms with Gasteiger partial charge in [0.25, 0.3) is 0 Å². The fourth-order valence-electron chi connectivity index (χ4n) is 3.44. The Balaban J connectivity index is 1.53. The summed E-state index contributed by atoms with van der Waals surface area (Å²) in [7, 11) is 3.03. The minimum atomic E-state index is -0.213. The normalized spacial score (nSPS) is 10.6. The predicted molar refractivity (Wildman–Crippen MR) is 129 cm³/mol. The zero-order valence-electron chi connectivity index (χ0n) is 18.3. The lowest BCUT2D eigenvalue weighted by Crippen LogP contribution is -2.13. The van der Waals surface area contributed by atoms with Crippen molar-refractivity contribution >= 4 is 23.2 Å². The van der Waals surface area contributed by atoms with Gasteiger partial charge in [0.2, 0.25) is 5.91 Å². The van der Waals surface area contributed by atoms with Crippen LogP contribution in [0.5, 0.6) is 11.5 Å². The van der Waals surface area contributed by atoms with Crippen molar-refractivity contribution in [1.29, 1.82) is 0 Å². The standard InChI is InChI=1S/C26H23ClN2O4/c1-31-21-16-22(32-2)20(15-19(21)27)28-23(30)13-14-24-29-25(17-9-5-3-6-10-17)26(33-24)18-11-7-4-8-12-18/h3-12,15-16H,13-14H2,1-2H3,(H,28,30). The second-order valence-electron chi connectivity index (χ2n) is 7.25. The van der Waals surface area contributed by atoms with Crippen LogP contribution in [0.25, 0.3) is 22.6 Å². The zero-order chi connectivity index (χ0) is 23.2. The Kier molecular flexibility index (Phi) is 6.95. The molecule has 0 saturated carbocycles. The third-order valence-electron chi connectivity index (χ3n) is 5.07. The number of rotatable bonds is 8. The van der Waals surface area contributed by atoms with Crippen molar-refractivity contribution in [3.05, 3.63) is 83.7 Å². The van der Waals surface area contributed by atoms with Crippen LogP contribution in [0.4, 0.5) is 5.69 Å². The molecule has 4 rings (SSSR count). The van der Waals surface area contributed by atoms with Crippen molar-refractivity contribution in [3.8, 4) is 34.1 Å². The number of carbonyl (C=O) groups excluding carboxylic acids is 1. The Morgan fingerprint density at radius 3 is 2.21 bits per heavy atom. The summed E-state index contributed by atoms with van der Waals surface area (Å²) in [6.07, 6.45) is 0.514. The molecule has 168 valence electrons. The predicted octanol–water partition coefficient (Wildman–Crippen LogP) is 6.25. The highest BCUT2D eigenvalue weighted by Gasteiger charge is 2.18. The molecule has 6 nitrogen and oxygen atoms in total. The molecule has 1 heterocycles. The fourth-order valence-corrected chi connectivity index (χ4v) is 3.68. The summed E-state index contributed by atoms with van der Waals surface area (Å²) in [5, 5.41) is 3.21. The number of benzene rings is 3. The highest BCUT2D eigenvalue weighted by atomic mass is 35.5. The van der Waals surface area contributed by atoms with Crippen LogP contribution in [-0.2, 0) is 11.2 Å². The molecule has 3 aromatic carbocycles. The van der Waals surface area contributed by atoms with Crippen molar-refractivity contribution in [2.45, 2.75) is 12.8 Å². The third-order valence-corrected chi connectivity index (χ3v) is 5.36. The van der Waals surface area contributed by atoms with Gasteiger partial charge >= 0.3 is 0 Å². The van der Waals surface area contributed by atoms with Crippen molar-refractivity contribution in [2.24, 2.45) is 0 Å². The molecule has 0 aliphatic rings. The molecule has 7 heteroatoms. The van der Waals surface area contributed by atoms with Crippen LogP contribution < -0.4 is 14.8 Å². The number of anilines is 1. The monoisotopic (exact) mass is 462 g/mol. The van der Waals surface area contributed by atoms with E-state index in [1.807, 2.05) is 60.7 Å². The molecule has 1 aromatic heterocycles. The van der Waals surface area contributed by atoms with E-state index in [-0.39, 0.29) is 12.3 Å². The number of methoxy groups -OCH3 is 2. The maximum absolute atomic E-state index is 12.6. The minimum Gasteiger partial charge on any atom is -0.495 e. The molecule has 0 spiro atoms. The lowest BCUT2D eigenvalue weighted by Gasteiger charge is -2.12. The van der Waals surface area contributed by atoms with Gasteiger partial charge in [-0.1, -0.05) is 72.3 Å². The third kappa shape index (κ3) is 5.18. The van der Waals surface area contributed by atoms with Crippen LogP contribution >= 0.6 is 11.6 Å². The van der Waals surface area contributed by atoms with Gasteiger partial charge < -0.3 is 19.2 Å². The van der Waals surface area contributed by atoms with E-state index in [1.165, 1.54) is 14.2 Å². The summed E-state index contributed by atoms with van der Waals surface area (Å²) >= 11 is 6.19. The molecular weight excluding hydrogens is 440 g/mol. The van der Waals surface area contributed by atoms with E-state index in [9.17, 15) is 4.79 Å². The second kappa shape index (κ2) is 10.2. The molecule has 1 amide bonds. The van der Waals surface area contributed by atoms with Crippen LogP contribution in [0, 0.1) is 0 Å². The van der Waals surface area contributed by atoms with Crippen LogP contribution in [0.2, 0.25) is 5.02 Å². The number of nitrogens with zero attached hydrogens (tertiary/aromatic N) is 1. The Hall–Kier alpha value is -3.77.